The zero-order valence-corrected chi connectivity index (χ0v) is 17.0. The van der Waals surface area contributed by atoms with Gasteiger partial charge in [-0.15, -0.1) is 0 Å². The van der Waals surface area contributed by atoms with Gasteiger partial charge in [-0.3, -0.25) is 14.5 Å². The molecule has 4 atom stereocenters. The maximum atomic E-state index is 12.9. The molecule has 0 radical (unpaired) electrons. The fraction of sp³-hybridized carbons (Fsp3) is 0.619. The van der Waals surface area contributed by atoms with Gasteiger partial charge in [-0.1, -0.05) is 30.3 Å². The average molecular weight is 393 g/mol. The van der Waals surface area contributed by atoms with Crippen LogP contribution in [0.4, 0.5) is 0 Å². The number of likely N-dealkylation sites (tertiary alicyclic amines) is 1. The average Bonchev–Trinajstić information content (AvgIpc) is 2.97. The lowest BCUT2D eigenvalue weighted by molar-refractivity contribution is -0.161. The van der Waals surface area contributed by atoms with Crippen LogP contribution in [0.25, 0.3) is 0 Å². The van der Waals surface area contributed by atoms with E-state index in [1.807, 2.05) is 35.2 Å². The molecule has 1 saturated heterocycles. The first kappa shape index (κ1) is 22.3. The van der Waals surface area contributed by atoms with Gasteiger partial charge in [0.15, 0.2) is 0 Å². The summed E-state index contributed by atoms with van der Waals surface area (Å²) in [6, 6.07) is 8.45. The number of benzene rings is 1. The van der Waals surface area contributed by atoms with Crippen molar-refractivity contribution in [2.45, 2.75) is 64.4 Å². The molecule has 1 heterocycles. The van der Waals surface area contributed by atoms with Crippen LogP contribution >= 0.6 is 0 Å². The maximum Gasteiger partial charge on any atom is 0.323 e. The summed E-state index contributed by atoms with van der Waals surface area (Å²) in [7, 11) is 0. The Bertz CT molecular complexity index is 657. The standard InChI is InChI=1S/C21H31NO6/c1-14(24)27-13-16-10-17(20(26)28-21(2,3)4)22(19(16)18(25)12-23)11-15-8-6-5-7-9-15/h5-9,16-19,23,25H,10-13H2,1-4H3/t16-,17+,18+,19+/m0/s1. The van der Waals surface area contributed by atoms with Gasteiger partial charge in [-0.2, -0.15) is 0 Å². The number of aliphatic hydroxyl groups excluding tert-OH is 2. The van der Waals surface area contributed by atoms with Crippen molar-refractivity contribution in [3.05, 3.63) is 35.9 Å². The second kappa shape index (κ2) is 9.49. The summed E-state index contributed by atoms with van der Waals surface area (Å²) in [5, 5.41) is 20.1. The van der Waals surface area contributed by atoms with Crippen molar-refractivity contribution in [3.8, 4) is 0 Å². The Kier molecular flexibility index (Phi) is 7.57. The highest BCUT2D eigenvalue weighted by atomic mass is 16.6. The van der Waals surface area contributed by atoms with Gasteiger partial charge in [0.2, 0.25) is 0 Å². The summed E-state index contributed by atoms with van der Waals surface area (Å²) >= 11 is 0. The van der Waals surface area contributed by atoms with E-state index in [0.29, 0.717) is 13.0 Å². The minimum Gasteiger partial charge on any atom is -0.466 e. The summed E-state index contributed by atoms with van der Waals surface area (Å²) < 4.78 is 10.8. The number of carbonyl (C=O) groups is 2. The van der Waals surface area contributed by atoms with Gasteiger partial charge in [0.05, 0.1) is 19.3 Å². The van der Waals surface area contributed by atoms with Crippen molar-refractivity contribution in [3.63, 3.8) is 0 Å². The number of hydrogen-bond donors (Lipinski definition) is 2. The summed E-state index contributed by atoms with van der Waals surface area (Å²) in [5.74, 6) is -1.11. The highest BCUT2D eigenvalue weighted by Crippen LogP contribution is 2.35. The smallest absolute Gasteiger partial charge is 0.323 e. The molecule has 7 heteroatoms. The third-order valence-corrected chi connectivity index (χ3v) is 4.76. The molecule has 1 aromatic rings. The summed E-state index contributed by atoms with van der Waals surface area (Å²) in [6.45, 7) is 6.76. The largest absolute Gasteiger partial charge is 0.466 e. The Balaban J connectivity index is 2.33. The first-order valence-corrected chi connectivity index (χ1v) is 9.57. The number of rotatable bonds is 7. The number of nitrogens with zero attached hydrogens (tertiary/aromatic N) is 1. The minimum atomic E-state index is -1.07. The van der Waals surface area contributed by atoms with Crippen LogP contribution in [0.5, 0.6) is 0 Å². The van der Waals surface area contributed by atoms with Gasteiger partial charge < -0.3 is 19.7 Å². The van der Waals surface area contributed by atoms with E-state index in [0.717, 1.165) is 5.56 Å². The lowest BCUT2D eigenvalue weighted by Gasteiger charge is -2.34. The zero-order chi connectivity index (χ0) is 20.9. The van der Waals surface area contributed by atoms with Crippen molar-refractivity contribution < 1.29 is 29.3 Å². The van der Waals surface area contributed by atoms with Gasteiger partial charge in [-0.25, -0.2) is 0 Å². The minimum absolute atomic E-state index is 0.0711. The number of esters is 2. The molecule has 0 spiro atoms. The molecule has 156 valence electrons. The molecule has 28 heavy (non-hydrogen) atoms. The van der Waals surface area contributed by atoms with E-state index < -0.39 is 36.4 Å². The first-order valence-electron chi connectivity index (χ1n) is 9.57. The number of ether oxygens (including phenoxy) is 2. The van der Waals surface area contributed by atoms with Crippen LogP contribution in [-0.2, 0) is 25.6 Å². The summed E-state index contributed by atoms with van der Waals surface area (Å²) in [6.07, 6.45) is -0.701. The highest BCUT2D eigenvalue weighted by Gasteiger charge is 2.48. The van der Waals surface area contributed by atoms with Crippen LogP contribution in [0.15, 0.2) is 30.3 Å². The van der Waals surface area contributed by atoms with Crippen LogP contribution in [0, 0.1) is 5.92 Å². The topological polar surface area (TPSA) is 96.3 Å². The van der Waals surface area contributed by atoms with Crippen LogP contribution < -0.4 is 0 Å². The number of aliphatic hydroxyl groups is 2. The van der Waals surface area contributed by atoms with E-state index in [1.54, 1.807) is 20.8 Å². The molecule has 0 aromatic heterocycles. The Morgan fingerprint density at radius 2 is 1.89 bits per heavy atom. The van der Waals surface area contributed by atoms with Gasteiger partial charge in [-0.05, 0) is 32.8 Å². The van der Waals surface area contributed by atoms with Crippen molar-refractivity contribution in [2.24, 2.45) is 5.92 Å². The third-order valence-electron chi connectivity index (χ3n) is 4.76. The molecule has 1 aliphatic heterocycles. The molecule has 1 aliphatic rings. The Morgan fingerprint density at radius 1 is 1.25 bits per heavy atom. The summed E-state index contributed by atoms with van der Waals surface area (Å²) in [5.41, 5.74) is 0.327. The van der Waals surface area contributed by atoms with Crippen molar-refractivity contribution in [2.75, 3.05) is 13.2 Å². The quantitative estimate of drug-likeness (QED) is 0.678. The molecule has 0 amide bonds. The molecular weight excluding hydrogens is 362 g/mol. The van der Waals surface area contributed by atoms with Crippen LogP contribution in [0.1, 0.15) is 39.7 Å². The van der Waals surface area contributed by atoms with E-state index in [9.17, 15) is 19.8 Å². The van der Waals surface area contributed by atoms with Crippen LogP contribution in [-0.4, -0.2) is 64.1 Å². The van der Waals surface area contributed by atoms with Crippen molar-refractivity contribution in [1.29, 1.82) is 0 Å². The molecule has 2 N–H and O–H groups in total. The molecule has 0 bridgehead atoms. The molecular formula is C21H31NO6. The fourth-order valence-corrected chi connectivity index (χ4v) is 3.69. The first-order chi connectivity index (χ1) is 13.1. The predicted molar refractivity (Wildman–Crippen MR) is 103 cm³/mol. The molecule has 7 nitrogen and oxygen atoms in total. The lowest BCUT2D eigenvalue weighted by atomic mass is 9.95. The third kappa shape index (κ3) is 6.02. The van der Waals surface area contributed by atoms with Crippen molar-refractivity contribution >= 4 is 11.9 Å². The molecule has 0 unspecified atom stereocenters. The van der Waals surface area contributed by atoms with Gasteiger partial charge in [0.1, 0.15) is 11.6 Å². The summed E-state index contributed by atoms with van der Waals surface area (Å²) in [4.78, 5) is 26.0. The number of hydrogen-bond acceptors (Lipinski definition) is 7. The maximum absolute atomic E-state index is 12.9. The molecule has 1 aromatic carbocycles. The van der Waals surface area contributed by atoms with Crippen molar-refractivity contribution in [1.82, 2.24) is 4.90 Å². The second-order valence-corrected chi connectivity index (χ2v) is 8.25. The van der Waals surface area contributed by atoms with Gasteiger partial charge >= 0.3 is 11.9 Å². The second-order valence-electron chi connectivity index (χ2n) is 8.25. The normalized spacial score (nSPS) is 24.0. The predicted octanol–water partition coefficient (Wildman–Crippen LogP) is 1.50. The van der Waals surface area contributed by atoms with Gasteiger partial charge in [0, 0.05) is 25.4 Å². The van der Waals surface area contributed by atoms with Crippen LogP contribution in [0.2, 0.25) is 0 Å². The van der Waals surface area contributed by atoms with Gasteiger partial charge in [0.25, 0.3) is 0 Å². The SMILES string of the molecule is CC(=O)OC[C@@H]1C[C@H](C(=O)OC(C)(C)C)N(Cc2ccccc2)[C@H]1[C@H](O)CO. The van der Waals surface area contributed by atoms with E-state index in [-0.39, 0.29) is 18.5 Å². The van der Waals surface area contributed by atoms with Crippen LogP contribution in [0.3, 0.4) is 0 Å². The Morgan fingerprint density at radius 3 is 2.43 bits per heavy atom. The van der Waals surface area contributed by atoms with E-state index in [1.165, 1.54) is 6.92 Å². The van der Waals surface area contributed by atoms with E-state index in [4.69, 9.17) is 9.47 Å². The Labute approximate surface area is 166 Å². The lowest BCUT2D eigenvalue weighted by Crippen LogP contribution is -2.49. The highest BCUT2D eigenvalue weighted by molar-refractivity contribution is 5.77. The van der Waals surface area contributed by atoms with E-state index >= 15 is 0 Å². The molecule has 2 rings (SSSR count). The number of carbonyl (C=O) groups excluding carboxylic acids is 2. The van der Waals surface area contributed by atoms with E-state index in [2.05, 4.69) is 0 Å². The monoisotopic (exact) mass is 393 g/mol. The molecule has 0 saturated carbocycles. The Hall–Kier alpha value is -1.96. The molecule has 1 fully saturated rings. The zero-order valence-electron chi connectivity index (χ0n) is 17.0. The fourth-order valence-electron chi connectivity index (χ4n) is 3.69. The molecule has 0 aliphatic carbocycles.